The van der Waals surface area contributed by atoms with Gasteiger partial charge in [0.25, 0.3) is 11.1 Å². The lowest BCUT2D eigenvalue weighted by molar-refractivity contribution is -0.123. The average molecular weight is 568 g/mol. The van der Waals surface area contributed by atoms with Crippen LogP contribution < -0.4 is 14.2 Å². The Morgan fingerprint density at radius 3 is 2.58 bits per heavy atom. The number of nitrogens with zero attached hydrogens (tertiary/aromatic N) is 1. The molecule has 36 heavy (non-hydrogen) atoms. The van der Waals surface area contributed by atoms with Crippen molar-refractivity contribution in [2.75, 3.05) is 20.3 Å². The minimum atomic E-state index is -0.539. The van der Waals surface area contributed by atoms with Gasteiger partial charge in [0, 0.05) is 4.47 Å². The predicted octanol–water partition coefficient (Wildman–Crippen LogP) is 6.10. The lowest BCUT2D eigenvalue weighted by Crippen LogP contribution is -2.32. The summed E-state index contributed by atoms with van der Waals surface area (Å²) in [6, 6.07) is 19.4. The fourth-order valence-corrected chi connectivity index (χ4v) is 4.76. The van der Waals surface area contributed by atoms with Crippen molar-refractivity contribution in [3.63, 3.8) is 0 Å². The number of carbonyl (C=O) groups excluding carboxylic acids is 3. The molecule has 1 fully saturated rings. The molecule has 0 unspecified atom stereocenters. The fourth-order valence-electron chi connectivity index (χ4n) is 3.44. The molecular formula is C27H22BrNO6S. The molecule has 3 aromatic carbocycles. The molecule has 9 heteroatoms. The van der Waals surface area contributed by atoms with E-state index in [-0.39, 0.29) is 35.0 Å². The van der Waals surface area contributed by atoms with Gasteiger partial charge in [-0.2, -0.15) is 0 Å². The number of halogens is 1. The van der Waals surface area contributed by atoms with Crippen LogP contribution in [0.3, 0.4) is 0 Å². The standard InChI is InChI=1S/C27H22BrNO6S/c1-17-6-5-7-19(14-17)34-13-12-29-25(30)24(36-27(29)32)16-18-10-11-22(23(15-18)33-2)35-26(31)20-8-3-4-9-21(20)28/h3-11,14-16H,12-13H2,1-2H3/b24-16-. The normalized spacial score (nSPS) is 14.3. The van der Waals surface area contributed by atoms with Gasteiger partial charge >= 0.3 is 5.97 Å². The van der Waals surface area contributed by atoms with Crippen LogP contribution in [-0.2, 0) is 4.79 Å². The van der Waals surface area contributed by atoms with Crippen LogP contribution in [0.5, 0.6) is 17.2 Å². The lowest BCUT2D eigenvalue weighted by Gasteiger charge is -2.13. The van der Waals surface area contributed by atoms with Crippen LogP contribution in [0.15, 0.2) is 76.1 Å². The Hall–Kier alpha value is -3.56. The second-order valence-electron chi connectivity index (χ2n) is 7.78. The van der Waals surface area contributed by atoms with Crippen LogP contribution in [0.1, 0.15) is 21.5 Å². The molecule has 0 aromatic heterocycles. The zero-order valence-electron chi connectivity index (χ0n) is 19.5. The fraction of sp³-hybridized carbons (Fsp3) is 0.148. The number of amides is 2. The highest BCUT2D eigenvalue weighted by atomic mass is 79.9. The molecule has 0 bridgehead atoms. The lowest BCUT2D eigenvalue weighted by atomic mass is 10.1. The molecule has 0 N–H and O–H groups in total. The van der Waals surface area contributed by atoms with Gasteiger partial charge in [0.05, 0.1) is 24.1 Å². The third-order valence-corrected chi connectivity index (χ3v) is 6.83. The van der Waals surface area contributed by atoms with E-state index in [2.05, 4.69) is 15.9 Å². The largest absolute Gasteiger partial charge is 0.493 e. The Bertz CT molecular complexity index is 1360. The zero-order chi connectivity index (χ0) is 25.7. The first kappa shape index (κ1) is 25.5. The van der Waals surface area contributed by atoms with Crippen molar-refractivity contribution in [2.24, 2.45) is 0 Å². The van der Waals surface area contributed by atoms with Crippen molar-refractivity contribution in [3.05, 3.63) is 92.8 Å². The number of benzene rings is 3. The summed E-state index contributed by atoms with van der Waals surface area (Å²) in [7, 11) is 1.46. The highest BCUT2D eigenvalue weighted by Gasteiger charge is 2.34. The van der Waals surface area contributed by atoms with E-state index in [9.17, 15) is 14.4 Å². The quantitative estimate of drug-likeness (QED) is 0.185. The Morgan fingerprint density at radius 1 is 1.03 bits per heavy atom. The molecule has 1 aliphatic heterocycles. The summed E-state index contributed by atoms with van der Waals surface area (Å²) in [5.74, 6) is 0.306. The van der Waals surface area contributed by atoms with Crippen LogP contribution >= 0.6 is 27.7 Å². The van der Waals surface area contributed by atoms with E-state index in [0.717, 1.165) is 22.2 Å². The minimum absolute atomic E-state index is 0.142. The molecule has 1 heterocycles. The molecule has 0 atom stereocenters. The number of methoxy groups -OCH3 is 1. The number of carbonyl (C=O) groups is 3. The first-order valence-electron chi connectivity index (χ1n) is 11.0. The van der Waals surface area contributed by atoms with E-state index in [0.29, 0.717) is 27.1 Å². The van der Waals surface area contributed by atoms with Gasteiger partial charge in [0.15, 0.2) is 11.5 Å². The van der Waals surface area contributed by atoms with Crippen molar-refractivity contribution in [2.45, 2.75) is 6.92 Å². The van der Waals surface area contributed by atoms with E-state index in [1.807, 2.05) is 31.2 Å². The molecule has 0 saturated carbocycles. The van der Waals surface area contributed by atoms with Crippen molar-refractivity contribution in [3.8, 4) is 17.2 Å². The molecular weight excluding hydrogens is 546 g/mol. The summed E-state index contributed by atoms with van der Waals surface area (Å²) in [5.41, 5.74) is 2.06. The first-order chi connectivity index (χ1) is 17.4. The second kappa shape index (κ2) is 11.5. The van der Waals surface area contributed by atoms with Gasteiger partial charge in [-0.15, -0.1) is 0 Å². The van der Waals surface area contributed by atoms with E-state index in [1.54, 1.807) is 48.5 Å². The maximum absolute atomic E-state index is 12.8. The summed E-state index contributed by atoms with van der Waals surface area (Å²) < 4.78 is 17.2. The maximum atomic E-state index is 12.8. The van der Waals surface area contributed by atoms with E-state index < -0.39 is 5.97 Å². The summed E-state index contributed by atoms with van der Waals surface area (Å²) in [6.45, 7) is 2.30. The van der Waals surface area contributed by atoms with E-state index >= 15 is 0 Å². The van der Waals surface area contributed by atoms with Crippen molar-refractivity contribution in [1.29, 1.82) is 0 Å². The monoisotopic (exact) mass is 567 g/mol. The smallest absolute Gasteiger partial charge is 0.344 e. The molecule has 0 aliphatic carbocycles. The summed E-state index contributed by atoms with van der Waals surface area (Å²) in [5, 5.41) is -0.356. The van der Waals surface area contributed by atoms with Crippen molar-refractivity contribution < 1.29 is 28.6 Å². The van der Waals surface area contributed by atoms with Gasteiger partial charge in [-0.1, -0.05) is 30.3 Å². The van der Waals surface area contributed by atoms with Crippen LogP contribution in [0.25, 0.3) is 6.08 Å². The van der Waals surface area contributed by atoms with Crippen LogP contribution in [0, 0.1) is 6.92 Å². The molecule has 3 aromatic rings. The Morgan fingerprint density at radius 2 is 1.83 bits per heavy atom. The third kappa shape index (κ3) is 5.98. The zero-order valence-corrected chi connectivity index (χ0v) is 21.9. The number of aryl methyl sites for hydroxylation is 1. The molecule has 1 aliphatic rings. The number of thioether (sulfide) groups is 1. The van der Waals surface area contributed by atoms with Crippen LogP contribution in [0.4, 0.5) is 4.79 Å². The average Bonchev–Trinajstić information content (AvgIpc) is 3.12. The van der Waals surface area contributed by atoms with E-state index in [1.165, 1.54) is 7.11 Å². The maximum Gasteiger partial charge on any atom is 0.344 e. The SMILES string of the molecule is COc1cc(/C=C2\SC(=O)N(CCOc3cccc(C)c3)C2=O)ccc1OC(=O)c1ccccc1Br. The molecule has 4 rings (SSSR count). The van der Waals surface area contributed by atoms with Crippen molar-refractivity contribution in [1.82, 2.24) is 4.90 Å². The van der Waals surface area contributed by atoms with Crippen LogP contribution in [0.2, 0.25) is 0 Å². The highest BCUT2D eigenvalue weighted by Crippen LogP contribution is 2.35. The minimum Gasteiger partial charge on any atom is -0.493 e. The summed E-state index contributed by atoms with van der Waals surface area (Å²) >= 11 is 4.20. The number of hydrogen-bond acceptors (Lipinski definition) is 7. The number of ether oxygens (including phenoxy) is 3. The predicted molar refractivity (Wildman–Crippen MR) is 141 cm³/mol. The number of hydrogen-bond donors (Lipinski definition) is 0. The number of rotatable bonds is 8. The second-order valence-corrected chi connectivity index (χ2v) is 9.63. The summed E-state index contributed by atoms with van der Waals surface area (Å²) in [6.07, 6.45) is 1.61. The summed E-state index contributed by atoms with van der Waals surface area (Å²) in [4.78, 5) is 39.3. The van der Waals surface area contributed by atoms with Gasteiger partial charge in [-0.25, -0.2) is 4.79 Å². The molecule has 2 amide bonds. The van der Waals surface area contributed by atoms with Gasteiger partial charge in [-0.3, -0.25) is 14.5 Å². The molecule has 184 valence electrons. The van der Waals surface area contributed by atoms with Gasteiger partial charge < -0.3 is 14.2 Å². The van der Waals surface area contributed by atoms with Crippen molar-refractivity contribution >= 4 is 50.9 Å². The molecule has 7 nitrogen and oxygen atoms in total. The Balaban J connectivity index is 1.43. The van der Waals surface area contributed by atoms with Gasteiger partial charge in [-0.05, 0) is 88.2 Å². The highest BCUT2D eigenvalue weighted by molar-refractivity contribution is 9.10. The Kier molecular flexibility index (Phi) is 8.12. The number of imide groups is 1. The van der Waals surface area contributed by atoms with Crippen LogP contribution in [-0.4, -0.2) is 42.3 Å². The van der Waals surface area contributed by atoms with Gasteiger partial charge in [0.2, 0.25) is 0 Å². The molecule has 0 spiro atoms. The molecule has 1 saturated heterocycles. The third-order valence-electron chi connectivity index (χ3n) is 5.23. The van der Waals surface area contributed by atoms with Gasteiger partial charge in [0.1, 0.15) is 12.4 Å². The topological polar surface area (TPSA) is 82.1 Å². The van der Waals surface area contributed by atoms with E-state index in [4.69, 9.17) is 14.2 Å². The molecule has 0 radical (unpaired) electrons. The first-order valence-corrected chi connectivity index (χ1v) is 12.6. The number of esters is 1. The Labute approximate surface area is 221 Å².